The number of ether oxygens (including phenoxy) is 1. The average Bonchev–Trinajstić information content (AvgIpc) is 3.02. The Kier molecular flexibility index (Phi) is 4.46. The number of halogens is 1. The van der Waals surface area contributed by atoms with Crippen molar-refractivity contribution in [3.05, 3.63) is 71.0 Å². The Balaban J connectivity index is 1.93. The molecule has 0 unspecified atom stereocenters. The predicted octanol–water partition coefficient (Wildman–Crippen LogP) is 3.93. The molecule has 0 saturated heterocycles. The highest BCUT2D eigenvalue weighted by molar-refractivity contribution is 6.30. The first-order valence-corrected chi connectivity index (χ1v) is 7.93. The highest BCUT2D eigenvalue weighted by Crippen LogP contribution is 2.29. The number of nitrogens with zero attached hydrogens (tertiary/aromatic N) is 3. The van der Waals surface area contributed by atoms with Gasteiger partial charge in [-0.3, -0.25) is 0 Å². The van der Waals surface area contributed by atoms with Crippen LogP contribution in [0.3, 0.4) is 0 Å². The van der Waals surface area contributed by atoms with Crippen molar-refractivity contribution >= 4 is 17.6 Å². The van der Waals surface area contributed by atoms with Crippen LogP contribution in [0.4, 0.5) is 0 Å². The monoisotopic (exact) mass is 357 g/mol. The second kappa shape index (κ2) is 6.57. The van der Waals surface area contributed by atoms with E-state index < -0.39 is 11.6 Å². The van der Waals surface area contributed by atoms with E-state index in [1.165, 1.54) is 23.0 Å². The first-order chi connectivity index (χ1) is 11.9. The molecule has 3 aromatic rings. The van der Waals surface area contributed by atoms with E-state index in [1.54, 1.807) is 24.4 Å². The molecular formula is C18H16ClN3O3. The van der Waals surface area contributed by atoms with Gasteiger partial charge in [0.1, 0.15) is 5.60 Å². The lowest BCUT2D eigenvalue weighted by Gasteiger charge is -2.27. The number of aromatic carboxylic acids is 1. The lowest BCUT2D eigenvalue weighted by Crippen LogP contribution is -2.26. The fraction of sp³-hybridized carbons (Fsp3) is 0.167. The van der Waals surface area contributed by atoms with Gasteiger partial charge in [-0.05, 0) is 43.7 Å². The van der Waals surface area contributed by atoms with Crippen molar-refractivity contribution in [1.29, 1.82) is 0 Å². The molecule has 0 saturated carbocycles. The molecule has 0 aliphatic heterocycles. The van der Waals surface area contributed by atoms with E-state index in [-0.39, 0.29) is 5.56 Å². The van der Waals surface area contributed by atoms with E-state index in [1.807, 2.05) is 26.0 Å². The lowest BCUT2D eigenvalue weighted by atomic mass is 9.98. The fourth-order valence-electron chi connectivity index (χ4n) is 2.38. The Morgan fingerprint density at radius 3 is 2.56 bits per heavy atom. The fourth-order valence-corrected chi connectivity index (χ4v) is 2.51. The van der Waals surface area contributed by atoms with E-state index in [9.17, 15) is 4.79 Å². The molecule has 0 fully saturated rings. The predicted molar refractivity (Wildman–Crippen MR) is 93.4 cm³/mol. The molecule has 0 amide bonds. The number of carbonyl (C=O) groups is 1. The SMILES string of the molecule is CC(C)(Oc1ccnn1-c1cc(C(=O)O)ccn1)c1ccc(Cl)cc1. The average molecular weight is 358 g/mol. The minimum absolute atomic E-state index is 0.128. The Morgan fingerprint density at radius 2 is 1.88 bits per heavy atom. The van der Waals surface area contributed by atoms with Crippen LogP contribution >= 0.6 is 11.6 Å². The van der Waals surface area contributed by atoms with Crippen LogP contribution in [0.1, 0.15) is 29.8 Å². The van der Waals surface area contributed by atoms with Crippen molar-refractivity contribution < 1.29 is 14.6 Å². The molecule has 25 heavy (non-hydrogen) atoms. The summed E-state index contributed by atoms with van der Waals surface area (Å²) in [6, 6.07) is 12.0. The van der Waals surface area contributed by atoms with Crippen LogP contribution in [0.5, 0.6) is 5.88 Å². The number of benzene rings is 1. The zero-order chi connectivity index (χ0) is 18.0. The third-order valence-corrected chi connectivity index (χ3v) is 3.97. The normalized spacial score (nSPS) is 11.3. The van der Waals surface area contributed by atoms with E-state index in [2.05, 4.69) is 10.1 Å². The Labute approximate surface area is 149 Å². The van der Waals surface area contributed by atoms with Crippen molar-refractivity contribution in [3.63, 3.8) is 0 Å². The highest BCUT2D eigenvalue weighted by Gasteiger charge is 2.25. The second-order valence-electron chi connectivity index (χ2n) is 5.91. The van der Waals surface area contributed by atoms with Crippen molar-refractivity contribution in [3.8, 4) is 11.7 Å². The molecule has 1 aromatic carbocycles. The first kappa shape index (κ1) is 17.0. The molecule has 0 aliphatic rings. The third-order valence-electron chi connectivity index (χ3n) is 3.72. The highest BCUT2D eigenvalue weighted by atomic mass is 35.5. The second-order valence-corrected chi connectivity index (χ2v) is 6.34. The van der Waals surface area contributed by atoms with Gasteiger partial charge in [0.05, 0.1) is 11.8 Å². The number of hydrogen-bond acceptors (Lipinski definition) is 4. The maximum absolute atomic E-state index is 11.1. The Bertz CT molecular complexity index is 904. The van der Waals surface area contributed by atoms with E-state index >= 15 is 0 Å². The summed E-state index contributed by atoms with van der Waals surface area (Å²) in [5.74, 6) is -0.207. The van der Waals surface area contributed by atoms with Gasteiger partial charge in [0.15, 0.2) is 5.82 Å². The number of carboxylic acids is 1. The summed E-state index contributed by atoms with van der Waals surface area (Å²) >= 11 is 5.94. The van der Waals surface area contributed by atoms with Gasteiger partial charge in [0.25, 0.3) is 0 Å². The molecule has 0 spiro atoms. The van der Waals surface area contributed by atoms with E-state index in [0.717, 1.165) is 5.56 Å². The van der Waals surface area contributed by atoms with E-state index in [4.69, 9.17) is 21.4 Å². The summed E-state index contributed by atoms with van der Waals surface area (Å²) in [5.41, 5.74) is 0.424. The number of carboxylic acid groups (broad SMARTS) is 1. The molecular weight excluding hydrogens is 342 g/mol. The van der Waals surface area contributed by atoms with Crippen LogP contribution in [0, 0.1) is 0 Å². The topological polar surface area (TPSA) is 77.2 Å². The molecule has 0 radical (unpaired) electrons. The molecule has 1 N–H and O–H groups in total. The summed E-state index contributed by atoms with van der Waals surface area (Å²) < 4.78 is 7.59. The van der Waals surface area contributed by atoms with Crippen LogP contribution in [0.25, 0.3) is 5.82 Å². The van der Waals surface area contributed by atoms with Crippen molar-refractivity contribution in [2.75, 3.05) is 0 Å². The molecule has 0 aliphatic carbocycles. The van der Waals surface area contributed by atoms with E-state index in [0.29, 0.717) is 16.7 Å². The van der Waals surface area contributed by atoms with Crippen molar-refractivity contribution in [2.45, 2.75) is 19.4 Å². The van der Waals surface area contributed by atoms with Gasteiger partial charge in [-0.15, -0.1) is 0 Å². The van der Waals surface area contributed by atoms with Gasteiger partial charge >= 0.3 is 5.97 Å². The number of hydrogen-bond donors (Lipinski definition) is 1. The molecule has 3 rings (SSSR count). The largest absolute Gasteiger partial charge is 0.478 e. The van der Waals surface area contributed by atoms with Crippen LogP contribution in [-0.2, 0) is 5.60 Å². The number of rotatable bonds is 5. The summed E-state index contributed by atoms with van der Waals surface area (Å²) in [5, 5.41) is 14.0. The maximum Gasteiger partial charge on any atom is 0.335 e. The van der Waals surface area contributed by atoms with Crippen LogP contribution < -0.4 is 4.74 Å². The molecule has 2 heterocycles. The van der Waals surface area contributed by atoms with Gasteiger partial charge in [0.2, 0.25) is 5.88 Å². The summed E-state index contributed by atoms with van der Waals surface area (Å²) in [4.78, 5) is 15.3. The Hall–Kier alpha value is -2.86. The third kappa shape index (κ3) is 3.64. The standard InChI is InChI=1S/C18H16ClN3O3/c1-18(2,13-3-5-14(19)6-4-13)25-16-8-10-21-22(16)15-11-12(17(23)24)7-9-20-15/h3-11H,1-2H3,(H,23,24). The quantitative estimate of drug-likeness (QED) is 0.748. The molecule has 2 aromatic heterocycles. The van der Waals surface area contributed by atoms with Gasteiger partial charge in [0, 0.05) is 17.3 Å². The zero-order valence-electron chi connectivity index (χ0n) is 13.7. The minimum Gasteiger partial charge on any atom is -0.478 e. The van der Waals surface area contributed by atoms with Gasteiger partial charge < -0.3 is 9.84 Å². The smallest absolute Gasteiger partial charge is 0.335 e. The van der Waals surface area contributed by atoms with Crippen LogP contribution in [0.15, 0.2) is 54.9 Å². The number of pyridine rings is 1. The summed E-state index contributed by atoms with van der Waals surface area (Å²) in [7, 11) is 0. The van der Waals surface area contributed by atoms with Crippen molar-refractivity contribution in [1.82, 2.24) is 14.8 Å². The van der Waals surface area contributed by atoms with Crippen LogP contribution in [0.2, 0.25) is 5.02 Å². The van der Waals surface area contributed by atoms with Gasteiger partial charge in [-0.25, -0.2) is 9.78 Å². The number of aromatic nitrogens is 3. The van der Waals surface area contributed by atoms with Gasteiger partial charge in [-0.1, -0.05) is 23.7 Å². The molecule has 6 nitrogen and oxygen atoms in total. The molecule has 7 heteroatoms. The summed E-state index contributed by atoms with van der Waals surface area (Å²) in [6.07, 6.45) is 3.00. The van der Waals surface area contributed by atoms with Crippen LogP contribution in [-0.4, -0.2) is 25.8 Å². The first-order valence-electron chi connectivity index (χ1n) is 7.55. The Morgan fingerprint density at radius 1 is 1.16 bits per heavy atom. The molecule has 0 bridgehead atoms. The molecule has 128 valence electrons. The minimum atomic E-state index is -1.03. The van der Waals surface area contributed by atoms with Crippen molar-refractivity contribution in [2.24, 2.45) is 0 Å². The van der Waals surface area contributed by atoms with Gasteiger partial charge in [-0.2, -0.15) is 9.78 Å². The summed E-state index contributed by atoms with van der Waals surface area (Å²) in [6.45, 7) is 3.85. The lowest BCUT2D eigenvalue weighted by molar-refractivity contribution is 0.0696. The zero-order valence-corrected chi connectivity index (χ0v) is 14.4. The maximum atomic E-state index is 11.1. The molecule has 0 atom stereocenters.